The van der Waals surface area contributed by atoms with Crippen LogP contribution in [0.5, 0.6) is 0 Å². The Kier molecular flexibility index (Phi) is 4.61. The van der Waals surface area contributed by atoms with Crippen molar-refractivity contribution in [3.8, 4) is 22.3 Å². The van der Waals surface area contributed by atoms with Crippen molar-refractivity contribution < 1.29 is 0 Å². The zero-order valence-corrected chi connectivity index (χ0v) is 22.1. The number of hydrogen-bond donors (Lipinski definition) is 0. The summed E-state index contributed by atoms with van der Waals surface area (Å²) in [5.74, 6) is 0. The van der Waals surface area contributed by atoms with Crippen LogP contribution in [0.1, 0.15) is 0 Å². The van der Waals surface area contributed by atoms with Gasteiger partial charge in [0.15, 0.2) is 0 Å². The van der Waals surface area contributed by atoms with Gasteiger partial charge in [0.2, 0.25) is 0 Å². The van der Waals surface area contributed by atoms with Gasteiger partial charge in [-0.05, 0) is 69.4 Å². The standard InChI is InChI=1S/C38H23N3/c1-2-7-28-22-29(16-15-24(28)6-1)25-11-13-26(14-12-25)30-18-19-31-35(23-30)41-34-10-4-3-9-33(34)40-38(41)32-20-17-27-8-5-21-39-37(27)36(31)32/h1-23H. The summed E-state index contributed by atoms with van der Waals surface area (Å²) in [7, 11) is 0. The molecule has 0 spiro atoms. The van der Waals surface area contributed by atoms with E-state index in [1.807, 2.05) is 12.3 Å². The molecule has 0 fully saturated rings. The second kappa shape index (κ2) is 8.48. The molecule has 3 aromatic heterocycles. The molecule has 9 rings (SSSR count). The fraction of sp³-hybridized carbons (Fsp3) is 0. The summed E-state index contributed by atoms with van der Waals surface area (Å²) in [5.41, 5.74) is 10.0. The molecule has 3 heterocycles. The Labute approximate surface area is 236 Å². The fourth-order valence-electron chi connectivity index (χ4n) is 6.39. The van der Waals surface area contributed by atoms with E-state index >= 15 is 0 Å². The summed E-state index contributed by atoms with van der Waals surface area (Å²) in [5, 5.41) is 7.10. The van der Waals surface area contributed by atoms with Crippen LogP contribution in [-0.4, -0.2) is 14.4 Å². The van der Waals surface area contributed by atoms with Gasteiger partial charge in [0.25, 0.3) is 0 Å². The van der Waals surface area contributed by atoms with Crippen molar-refractivity contribution in [3.63, 3.8) is 0 Å². The van der Waals surface area contributed by atoms with E-state index in [1.165, 1.54) is 38.4 Å². The Morgan fingerprint density at radius 2 is 1.12 bits per heavy atom. The molecule has 0 unspecified atom stereocenters. The summed E-state index contributed by atoms with van der Waals surface area (Å²) in [4.78, 5) is 9.93. The van der Waals surface area contributed by atoms with Gasteiger partial charge in [-0.15, -0.1) is 0 Å². The first kappa shape index (κ1) is 22.3. The highest BCUT2D eigenvalue weighted by atomic mass is 15.0. The molecule has 0 aliphatic carbocycles. The highest BCUT2D eigenvalue weighted by molar-refractivity contribution is 6.23. The van der Waals surface area contributed by atoms with E-state index in [9.17, 15) is 0 Å². The summed E-state index contributed by atoms with van der Waals surface area (Å²) in [6.07, 6.45) is 1.88. The lowest BCUT2D eigenvalue weighted by Gasteiger charge is -2.13. The molecule has 0 N–H and O–H groups in total. The summed E-state index contributed by atoms with van der Waals surface area (Å²) < 4.78 is 2.31. The topological polar surface area (TPSA) is 30.2 Å². The second-order valence-corrected chi connectivity index (χ2v) is 10.7. The molecule has 41 heavy (non-hydrogen) atoms. The van der Waals surface area contributed by atoms with Crippen LogP contribution in [0, 0.1) is 0 Å². The lowest BCUT2D eigenvalue weighted by molar-refractivity contribution is 1.31. The van der Waals surface area contributed by atoms with Crippen molar-refractivity contribution in [1.29, 1.82) is 0 Å². The molecule has 6 aromatic carbocycles. The Morgan fingerprint density at radius 3 is 2.00 bits per heavy atom. The summed E-state index contributed by atoms with van der Waals surface area (Å²) >= 11 is 0. The highest BCUT2D eigenvalue weighted by Gasteiger charge is 2.16. The molecule has 0 aliphatic heterocycles. The van der Waals surface area contributed by atoms with E-state index in [2.05, 4.69) is 132 Å². The van der Waals surface area contributed by atoms with Crippen molar-refractivity contribution in [1.82, 2.24) is 14.4 Å². The Balaban J connectivity index is 1.28. The average Bonchev–Trinajstić information content (AvgIpc) is 3.44. The lowest BCUT2D eigenvalue weighted by atomic mass is 9.96. The molecule has 0 radical (unpaired) electrons. The monoisotopic (exact) mass is 521 g/mol. The first-order valence-electron chi connectivity index (χ1n) is 13.9. The van der Waals surface area contributed by atoms with E-state index in [0.717, 1.165) is 43.9 Å². The zero-order chi connectivity index (χ0) is 26.9. The van der Waals surface area contributed by atoms with Gasteiger partial charge in [0.1, 0.15) is 5.65 Å². The molecule has 0 saturated carbocycles. The summed E-state index contributed by atoms with van der Waals surface area (Å²) in [6.45, 7) is 0. The van der Waals surface area contributed by atoms with Gasteiger partial charge in [-0.25, -0.2) is 4.98 Å². The molecule has 3 heteroatoms. The Hall–Kier alpha value is -5.54. The van der Waals surface area contributed by atoms with Gasteiger partial charge in [0.05, 0.1) is 22.1 Å². The van der Waals surface area contributed by atoms with Crippen LogP contribution in [0.25, 0.3) is 82.3 Å². The second-order valence-electron chi connectivity index (χ2n) is 10.7. The third-order valence-corrected chi connectivity index (χ3v) is 8.39. The van der Waals surface area contributed by atoms with Crippen LogP contribution >= 0.6 is 0 Å². The average molecular weight is 522 g/mol. The molecule has 0 saturated heterocycles. The van der Waals surface area contributed by atoms with Crippen molar-refractivity contribution in [2.75, 3.05) is 0 Å². The first-order chi connectivity index (χ1) is 20.3. The van der Waals surface area contributed by atoms with Gasteiger partial charge in [-0.1, -0.05) is 97.1 Å². The van der Waals surface area contributed by atoms with E-state index in [0.29, 0.717) is 0 Å². The minimum absolute atomic E-state index is 0.963. The fourth-order valence-corrected chi connectivity index (χ4v) is 6.39. The van der Waals surface area contributed by atoms with Crippen molar-refractivity contribution >= 4 is 60.0 Å². The Morgan fingerprint density at radius 1 is 0.463 bits per heavy atom. The molecule has 0 atom stereocenters. The number of pyridine rings is 2. The molecule has 0 aliphatic rings. The maximum Gasteiger partial charge on any atom is 0.146 e. The number of benzene rings is 6. The van der Waals surface area contributed by atoms with E-state index in [-0.39, 0.29) is 0 Å². The molecule has 9 aromatic rings. The van der Waals surface area contributed by atoms with Crippen molar-refractivity contribution in [2.24, 2.45) is 0 Å². The van der Waals surface area contributed by atoms with Gasteiger partial charge < -0.3 is 0 Å². The molecule has 3 nitrogen and oxygen atoms in total. The molecular weight excluding hydrogens is 498 g/mol. The molecule has 190 valence electrons. The highest BCUT2D eigenvalue weighted by Crippen LogP contribution is 2.38. The smallest absolute Gasteiger partial charge is 0.146 e. The minimum Gasteiger partial charge on any atom is -0.292 e. The van der Waals surface area contributed by atoms with Crippen molar-refractivity contribution in [2.45, 2.75) is 0 Å². The van der Waals surface area contributed by atoms with Gasteiger partial charge in [-0.3, -0.25) is 9.38 Å². The normalized spacial score (nSPS) is 11.9. The number of para-hydroxylation sites is 2. The van der Waals surface area contributed by atoms with E-state index < -0.39 is 0 Å². The third kappa shape index (κ3) is 3.33. The predicted molar refractivity (Wildman–Crippen MR) is 171 cm³/mol. The third-order valence-electron chi connectivity index (χ3n) is 8.39. The number of imidazole rings is 1. The maximum atomic E-state index is 5.10. The van der Waals surface area contributed by atoms with Crippen LogP contribution in [0.4, 0.5) is 0 Å². The maximum absolute atomic E-state index is 5.10. The van der Waals surface area contributed by atoms with Crippen LogP contribution in [0.3, 0.4) is 0 Å². The Bertz CT molecular complexity index is 2470. The molecular formula is C38H23N3. The van der Waals surface area contributed by atoms with E-state index in [4.69, 9.17) is 9.97 Å². The number of nitrogens with zero attached hydrogens (tertiary/aromatic N) is 3. The van der Waals surface area contributed by atoms with Gasteiger partial charge in [0, 0.05) is 27.7 Å². The van der Waals surface area contributed by atoms with Crippen LogP contribution < -0.4 is 0 Å². The zero-order valence-electron chi connectivity index (χ0n) is 22.1. The SMILES string of the molecule is c1ccc2cc(-c3ccc(-c4ccc5c6c(ccc7cccnc76)c6nc7ccccc7n6c5c4)cc3)ccc2c1. The van der Waals surface area contributed by atoms with E-state index in [1.54, 1.807) is 0 Å². The number of hydrogen-bond acceptors (Lipinski definition) is 2. The van der Waals surface area contributed by atoms with Gasteiger partial charge in [-0.2, -0.15) is 0 Å². The number of fused-ring (bicyclic) bond motifs is 11. The lowest BCUT2D eigenvalue weighted by Crippen LogP contribution is -1.94. The van der Waals surface area contributed by atoms with Crippen LogP contribution in [0.15, 0.2) is 140 Å². The minimum atomic E-state index is 0.963. The molecule has 0 amide bonds. The predicted octanol–water partition coefficient (Wildman–Crippen LogP) is 9.83. The quantitative estimate of drug-likeness (QED) is 0.212. The number of rotatable bonds is 2. The molecule has 0 bridgehead atoms. The van der Waals surface area contributed by atoms with Gasteiger partial charge >= 0.3 is 0 Å². The first-order valence-corrected chi connectivity index (χ1v) is 13.9. The summed E-state index contributed by atoms with van der Waals surface area (Å²) in [6, 6.07) is 47.8. The number of aromatic nitrogens is 3. The van der Waals surface area contributed by atoms with Crippen molar-refractivity contribution in [3.05, 3.63) is 140 Å². The van der Waals surface area contributed by atoms with Crippen LogP contribution in [0.2, 0.25) is 0 Å². The van der Waals surface area contributed by atoms with Crippen LogP contribution in [-0.2, 0) is 0 Å². The largest absolute Gasteiger partial charge is 0.292 e.